The highest BCUT2D eigenvalue weighted by Gasteiger charge is 2.45. The van der Waals surface area contributed by atoms with E-state index in [1.807, 2.05) is 4.90 Å². The van der Waals surface area contributed by atoms with E-state index in [-0.39, 0.29) is 11.4 Å². The Morgan fingerprint density at radius 2 is 2.36 bits per heavy atom. The molecule has 2 saturated heterocycles. The summed E-state index contributed by atoms with van der Waals surface area (Å²) in [6.07, 6.45) is 3.69. The topological polar surface area (TPSA) is 55.6 Å². The number of rotatable bonds is 2. The second kappa shape index (κ2) is 3.87. The van der Waals surface area contributed by atoms with E-state index in [0.717, 1.165) is 39.0 Å². The van der Waals surface area contributed by atoms with Crippen molar-refractivity contribution in [1.29, 1.82) is 0 Å². The van der Waals surface area contributed by atoms with Crippen LogP contribution >= 0.6 is 0 Å². The van der Waals surface area contributed by atoms with Gasteiger partial charge in [-0.3, -0.25) is 4.79 Å². The summed E-state index contributed by atoms with van der Waals surface area (Å²) in [7, 11) is 0. The Bertz CT molecular complexity index is 219. The van der Waals surface area contributed by atoms with Crippen molar-refractivity contribution in [3.05, 3.63) is 0 Å². The van der Waals surface area contributed by atoms with Crippen LogP contribution in [0.15, 0.2) is 0 Å². The molecule has 2 rings (SSSR count). The van der Waals surface area contributed by atoms with Gasteiger partial charge < -0.3 is 15.4 Å². The molecule has 1 spiro atoms. The van der Waals surface area contributed by atoms with Gasteiger partial charge in [0.2, 0.25) is 5.91 Å². The van der Waals surface area contributed by atoms with Crippen LogP contribution in [0.3, 0.4) is 0 Å². The van der Waals surface area contributed by atoms with Gasteiger partial charge in [0.1, 0.15) is 0 Å². The van der Waals surface area contributed by atoms with Gasteiger partial charge in [0.05, 0.1) is 12.1 Å². The van der Waals surface area contributed by atoms with Crippen LogP contribution in [0, 0.1) is 0 Å². The van der Waals surface area contributed by atoms with Gasteiger partial charge >= 0.3 is 0 Å². The van der Waals surface area contributed by atoms with Crippen LogP contribution in [0.4, 0.5) is 0 Å². The summed E-state index contributed by atoms with van der Waals surface area (Å²) in [5, 5.41) is 0. The third-order valence-corrected chi connectivity index (χ3v) is 3.34. The van der Waals surface area contributed by atoms with Gasteiger partial charge in [0.15, 0.2) is 0 Å². The molecule has 1 atom stereocenters. The number of carbonyl (C=O) groups excluding carboxylic acids is 1. The number of amides is 1. The number of ether oxygens (including phenoxy) is 1. The number of carbonyl (C=O) groups is 1. The summed E-state index contributed by atoms with van der Waals surface area (Å²) in [6, 6.07) is 0. The molecule has 0 saturated carbocycles. The number of hydrogen-bond acceptors (Lipinski definition) is 3. The summed E-state index contributed by atoms with van der Waals surface area (Å²) < 4.78 is 5.42. The highest BCUT2D eigenvalue weighted by molar-refractivity contribution is 5.77. The molecule has 4 nitrogen and oxygen atoms in total. The molecule has 1 amide bonds. The van der Waals surface area contributed by atoms with E-state index in [2.05, 4.69) is 0 Å². The molecule has 0 aliphatic carbocycles. The molecule has 2 fully saturated rings. The van der Waals surface area contributed by atoms with Crippen molar-refractivity contribution >= 4 is 5.91 Å². The maximum absolute atomic E-state index is 11.8. The van der Waals surface area contributed by atoms with Crippen LogP contribution in [0.2, 0.25) is 0 Å². The van der Waals surface area contributed by atoms with Crippen LogP contribution in [0.25, 0.3) is 0 Å². The average Bonchev–Trinajstić information content (AvgIpc) is 2.78. The Hall–Kier alpha value is -0.610. The Labute approximate surface area is 84.4 Å². The van der Waals surface area contributed by atoms with Crippen molar-refractivity contribution in [2.45, 2.75) is 31.2 Å². The number of nitrogens with zero attached hydrogens (tertiary/aromatic N) is 1. The third kappa shape index (κ3) is 1.53. The first-order valence-electron chi connectivity index (χ1n) is 5.37. The number of hydrogen-bond donors (Lipinski definition) is 1. The lowest BCUT2D eigenvalue weighted by Crippen LogP contribution is -2.48. The summed E-state index contributed by atoms with van der Waals surface area (Å²) >= 11 is 0. The molecule has 14 heavy (non-hydrogen) atoms. The van der Waals surface area contributed by atoms with Crippen LogP contribution in [-0.4, -0.2) is 42.6 Å². The second-order valence-corrected chi connectivity index (χ2v) is 4.21. The molecular formula is C10H18N2O2. The van der Waals surface area contributed by atoms with Crippen LogP contribution in [-0.2, 0) is 9.53 Å². The lowest BCUT2D eigenvalue weighted by atomic mass is 9.95. The van der Waals surface area contributed by atoms with E-state index in [1.54, 1.807) is 0 Å². The highest BCUT2D eigenvalue weighted by atomic mass is 16.5. The Morgan fingerprint density at radius 3 is 3.00 bits per heavy atom. The van der Waals surface area contributed by atoms with Crippen molar-refractivity contribution in [1.82, 2.24) is 4.90 Å². The van der Waals surface area contributed by atoms with E-state index in [1.165, 1.54) is 0 Å². The molecule has 2 N–H and O–H groups in total. The zero-order valence-electron chi connectivity index (χ0n) is 8.50. The predicted octanol–water partition coefficient (Wildman–Crippen LogP) is 0.117. The van der Waals surface area contributed by atoms with Gasteiger partial charge in [-0.2, -0.15) is 0 Å². The fraction of sp³-hybridized carbons (Fsp3) is 0.900. The van der Waals surface area contributed by atoms with Gasteiger partial charge in [-0.15, -0.1) is 0 Å². The van der Waals surface area contributed by atoms with Gasteiger partial charge in [-0.1, -0.05) is 0 Å². The number of nitrogens with two attached hydrogens (primary N) is 1. The maximum Gasteiger partial charge on any atom is 0.224 e. The van der Waals surface area contributed by atoms with Crippen molar-refractivity contribution < 1.29 is 9.53 Å². The Kier molecular flexibility index (Phi) is 2.74. The lowest BCUT2D eigenvalue weighted by molar-refractivity contribution is -0.135. The van der Waals surface area contributed by atoms with Crippen LogP contribution in [0.1, 0.15) is 25.7 Å². The smallest absolute Gasteiger partial charge is 0.224 e. The normalized spacial score (nSPS) is 31.6. The van der Waals surface area contributed by atoms with Gasteiger partial charge in [-0.05, 0) is 19.3 Å². The molecule has 4 heteroatoms. The minimum atomic E-state index is 0.0340. The van der Waals surface area contributed by atoms with Crippen molar-refractivity contribution in [3.63, 3.8) is 0 Å². The largest absolute Gasteiger partial charge is 0.379 e. The molecule has 0 radical (unpaired) electrons. The van der Waals surface area contributed by atoms with E-state index in [9.17, 15) is 4.79 Å². The van der Waals surface area contributed by atoms with Crippen LogP contribution in [0.5, 0.6) is 0 Å². The Balaban J connectivity index is 2.06. The molecule has 1 unspecified atom stereocenters. The van der Waals surface area contributed by atoms with Crippen LogP contribution < -0.4 is 5.73 Å². The minimum Gasteiger partial charge on any atom is -0.379 e. The summed E-state index contributed by atoms with van der Waals surface area (Å²) in [6.45, 7) is 2.87. The standard InChI is InChI=1S/C10H18N2O2/c11-5-2-9(13)12-6-1-3-10(12)4-7-14-8-10/h1-8,11H2. The fourth-order valence-electron chi connectivity index (χ4n) is 2.59. The third-order valence-electron chi connectivity index (χ3n) is 3.34. The second-order valence-electron chi connectivity index (χ2n) is 4.21. The average molecular weight is 198 g/mol. The predicted molar refractivity (Wildman–Crippen MR) is 52.8 cm³/mol. The molecule has 0 aromatic heterocycles. The summed E-state index contributed by atoms with van der Waals surface area (Å²) in [5.41, 5.74) is 5.44. The molecule has 80 valence electrons. The first kappa shape index (κ1) is 9.93. The molecule has 2 heterocycles. The monoisotopic (exact) mass is 198 g/mol. The fourth-order valence-corrected chi connectivity index (χ4v) is 2.59. The highest BCUT2D eigenvalue weighted by Crippen LogP contribution is 2.36. The van der Waals surface area contributed by atoms with Gasteiger partial charge in [0.25, 0.3) is 0 Å². The first-order chi connectivity index (χ1) is 6.78. The number of likely N-dealkylation sites (tertiary alicyclic amines) is 1. The van der Waals surface area contributed by atoms with Gasteiger partial charge in [0, 0.05) is 26.1 Å². The minimum absolute atomic E-state index is 0.0340. The Morgan fingerprint density at radius 1 is 1.50 bits per heavy atom. The van der Waals surface area contributed by atoms with E-state index >= 15 is 0 Å². The zero-order chi connectivity index (χ0) is 10.0. The first-order valence-corrected chi connectivity index (χ1v) is 5.37. The summed E-state index contributed by atoms with van der Waals surface area (Å²) in [4.78, 5) is 13.8. The molecule has 2 aliphatic heterocycles. The molecule has 0 aromatic rings. The lowest BCUT2D eigenvalue weighted by Gasteiger charge is -2.33. The zero-order valence-corrected chi connectivity index (χ0v) is 8.50. The maximum atomic E-state index is 11.8. The molecule has 0 aromatic carbocycles. The van der Waals surface area contributed by atoms with Gasteiger partial charge in [-0.25, -0.2) is 0 Å². The summed E-state index contributed by atoms with van der Waals surface area (Å²) in [5.74, 6) is 0.204. The van der Waals surface area contributed by atoms with E-state index in [4.69, 9.17) is 10.5 Å². The molecule has 2 aliphatic rings. The molecule has 0 bridgehead atoms. The van der Waals surface area contributed by atoms with E-state index in [0.29, 0.717) is 13.0 Å². The quantitative estimate of drug-likeness (QED) is 0.685. The van der Waals surface area contributed by atoms with Crippen molar-refractivity contribution in [2.24, 2.45) is 5.73 Å². The van der Waals surface area contributed by atoms with E-state index < -0.39 is 0 Å². The van der Waals surface area contributed by atoms with Crippen molar-refractivity contribution in [2.75, 3.05) is 26.3 Å². The SMILES string of the molecule is NCCC(=O)N1CCCC12CCOC2. The molecular weight excluding hydrogens is 180 g/mol. The van der Waals surface area contributed by atoms with Crippen molar-refractivity contribution in [3.8, 4) is 0 Å².